The Balaban J connectivity index is 0.998. The third-order valence-corrected chi connectivity index (χ3v) is 19.7. The zero-order chi connectivity index (χ0) is 38.5. The SMILES string of the molecule is C=C(C)[C@@H]1CC[C@]2(COC(=O)C(C)[N+]34CCN(CC3)CC4)CC[C@]3(C)C(CCC4[C@@]5(C)CC[C@H](OC(=O)C(C)N6CCNCC6)C(C)(C)C5CC[C@]43C)C12. The average molecular weight is 750 g/mol. The topological polar surface area (TPSA) is 71.1 Å². The Morgan fingerprint density at radius 1 is 0.796 bits per heavy atom. The Morgan fingerprint density at radius 3 is 2.15 bits per heavy atom. The van der Waals surface area contributed by atoms with Crippen LogP contribution in [0.25, 0.3) is 0 Å². The number of carbonyl (C=O) groups is 2. The number of hydrogen-bond acceptors (Lipinski definition) is 7. The third-order valence-electron chi connectivity index (χ3n) is 19.7. The van der Waals surface area contributed by atoms with Crippen molar-refractivity contribution in [1.82, 2.24) is 15.1 Å². The van der Waals surface area contributed by atoms with Crippen LogP contribution in [0.1, 0.15) is 120 Å². The Bertz CT molecular complexity index is 1450. The highest BCUT2D eigenvalue weighted by Gasteiger charge is 2.71. The van der Waals surface area contributed by atoms with Crippen LogP contribution >= 0.6 is 0 Å². The average Bonchev–Trinajstić information content (AvgIpc) is 3.56. The van der Waals surface area contributed by atoms with E-state index in [0.29, 0.717) is 36.2 Å². The van der Waals surface area contributed by atoms with Crippen molar-refractivity contribution in [2.75, 3.05) is 72.1 Å². The molecule has 2 bridgehead atoms. The maximum absolute atomic E-state index is 14.0. The van der Waals surface area contributed by atoms with Crippen LogP contribution in [0.4, 0.5) is 0 Å². The highest BCUT2D eigenvalue weighted by atomic mass is 16.5. The van der Waals surface area contributed by atoms with Crippen LogP contribution in [-0.2, 0) is 19.1 Å². The Labute approximate surface area is 328 Å². The molecule has 5 saturated carbocycles. The first-order valence-electron chi connectivity index (χ1n) is 22.6. The van der Waals surface area contributed by atoms with Crippen LogP contribution in [-0.4, -0.2) is 116 Å². The van der Waals surface area contributed by atoms with Crippen LogP contribution in [0, 0.1) is 56.7 Å². The van der Waals surface area contributed by atoms with Crippen LogP contribution in [0.5, 0.6) is 0 Å². The third kappa shape index (κ3) is 5.85. The second-order valence-electron chi connectivity index (χ2n) is 21.8. The lowest BCUT2D eigenvalue weighted by Crippen LogP contribution is -2.71. The lowest BCUT2D eigenvalue weighted by Gasteiger charge is -2.73. The molecule has 5 aliphatic carbocycles. The lowest BCUT2D eigenvalue weighted by molar-refractivity contribution is -0.954. The number of piperazine rings is 4. The summed E-state index contributed by atoms with van der Waals surface area (Å²) in [5, 5.41) is 3.41. The highest BCUT2D eigenvalue weighted by molar-refractivity contribution is 5.75. The van der Waals surface area contributed by atoms with Crippen molar-refractivity contribution in [3.63, 3.8) is 0 Å². The first kappa shape index (κ1) is 39.4. The predicted molar refractivity (Wildman–Crippen MR) is 214 cm³/mol. The minimum Gasteiger partial charge on any atom is -0.461 e. The van der Waals surface area contributed by atoms with Gasteiger partial charge in [0, 0.05) is 56.6 Å². The molecule has 0 aromatic heterocycles. The number of esters is 2. The van der Waals surface area contributed by atoms with Crippen LogP contribution in [0.2, 0.25) is 0 Å². The molecule has 304 valence electrons. The van der Waals surface area contributed by atoms with Crippen LogP contribution < -0.4 is 5.32 Å². The molecule has 8 heteroatoms. The molecular formula is C46H77N4O4+. The summed E-state index contributed by atoms with van der Waals surface area (Å²) < 4.78 is 14.0. The van der Waals surface area contributed by atoms with Crippen molar-refractivity contribution >= 4 is 11.9 Å². The number of fused-ring (bicyclic) bond motifs is 10. The molecule has 0 amide bonds. The standard InChI is InChI=1S/C46H77N4O4/c1-31(2)34-12-17-46(30-53-41(52)33(4)50-27-24-48(25-28-50)26-29-50)19-18-44(8)35(39(34)46)10-11-37-43(7)15-14-38(42(5,6)36(43)13-16-45(37,44)9)54-40(51)32(3)49-22-20-47-21-23-49/h32-39,47H,1,10-30H2,2-9H3/q+1/t32?,33?,34-,35?,36?,37?,38-,39?,43-,44+,45+,46+/m0/s1. The summed E-state index contributed by atoms with van der Waals surface area (Å²) in [5.74, 6) is 2.90. The molecule has 12 atom stereocenters. The number of rotatable bonds is 8. The van der Waals surface area contributed by atoms with Gasteiger partial charge in [-0.3, -0.25) is 14.6 Å². The molecule has 54 heavy (non-hydrogen) atoms. The number of nitrogens with zero attached hydrogens (tertiary/aromatic N) is 3. The lowest BCUT2D eigenvalue weighted by atomic mass is 9.32. The Morgan fingerprint density at radius 2 is 1.48 bits per heavy atom. The summed E-state index contributed by atoms with van der Waals surface area (Å²) in [7, 11) is 0. The molecule has 0 aromatic carbocycles. The van der Waals surface area contributed by atoms with E-state index in [1.54, 1.807) is 0 Å². The zero-order valence-electron chi connectivity index (χ0n) is 35.6. The molecule has 9 rings (SSSR count). The van der Waals surface area contributed by atoms with Gasteiger partial charge in [0.15, 0.2) is 6.04 Å². The van der Waals surface area contributed by atoms with Crippen molar-refractivity contribution in [3.8, 4) is 0 Å². The first-order chi connectivity index (χ1) is 25.5. The van der Waals surface area contributed by atoms with E-state index in [2.05, 4.69) is 70.2 Å². The number of allylic oxidation sites excluding steroid dienone is 1. The first-order valence-corrected chi connectivity index (χ1v) is 22.6. The largest absolute Gasteiger partial charge is 0.461 e. The van der Waals surface area contributed by atoms with E-state index in [4.69, 9.17) is 9.47 Å². The van der Waals surface area contributed by atoms with Crippen molar-refractivity contribution in [2.45, 2.75) is 138 Å². The second kappa shape index (κ2) is 13.8. The number of ether oxygens (including phenoxy) is 2. The minimum absolute atomic E-state index is 0.0235. The molecule has 9 aliphatic rings. The van der Waals surface area contributed by atoms with Gasteiger partial charge in [0.05, 0.1) is 26.2 Å². The van der Waals surface area contributed by atoms with Gasteiger partial charge in [0.25, 0.3) is 0 Å². The Hall–Kier alpha value is -1.48. The molecule has 4 saturated heterocycles. The fourth-order valence-electron chi connectivity index (χ4n) is 16.0. The second-order valence-corrected chi connectivity index (χ2v) is 21.8. The number of carbonyl (C=O) groups excluding carboxylic acids is 2. The van der Waals surface area contributed by atoms with Gasteiger partial charge in [-0.1, -0.05) is 46.8 Å². The minimum atomic E-state index is -0.186. The van der Waals surface area contributed by atoms with Gasteiger partial charge in [0.2, 0.25) is 0 Å². The van der Waals surface area contributed by atoms with Crippen molar-refractivity contribution in [2.24, 2.45) is 56.7 Å². The van der Waals surface area contributed by atoms with E-state index >= 15 is 0 Å². The molecule has 0 spiro atoms. The quantitative estimate of drug-likeness (QED) is 0.164. The van der Waals surface area contributed by atoms with Gasteiger partial charge in [-0.05, 0) is 131 Å². The smallest absolute Gasteiger partial charge is 0.364 e. The molecule has 4 heterocycles. The van der Waals surface area contributed by atoms with Crippen LogP contribution in [0.15, 0.2) is 12.2 Å². The van der Waals surface area contributed by atoms with Gasteiger partial charge in [-0.2, -0.15) is 0 Å². The summed E-state index contributed by atoms with van der Waals surface area (Å²) >= 11 is 0. The normalized spacial score (nSPS) is 48.0. The van der Waals surface area contributed by atoms with E-state index in [1.165, 1.54) is 56.9 Å². The Kier molecular flexibility index (Phi) is 10.1. The van der Waals surface area contributed by atoms with Crippen molar-refractivity contribution < 1.29 is 23.5 Å². The van der Waals surface area contributed by atoms with Crippen LogP contribution in [0.3, 0.4) is 0 Å². The monoisotopic (exact) mass is 750 g/mol. The fourth-order valence-corrected chi connectivity index (χ4v) is 16.0. The predicted octanol–water partition coefficient (Wildman–Crippen LogP) is 6.93. The van der Waals surface area contributed by atoms with Gasteiger partial charge in [-0.25, -0.2) is 4.79 Å². The summed E-state index contributed by atoms with van der Waals surface area (Å²) in [6, 6.07) is -0.257. The zero-order valence-corrected chi connectivity index (χ0v) is 35.6. The van der Waals surface area contributed by atoms with E-state index in [-0.39, 0.29) is 57.2 Å². The van der Waals surface area contributed by atoms with E-state index in [0.717, 1.165) is 82.8 Å². The van der Waals surface area contributed by atoms with E-state index in [9.17, 15) is 9.59 Å². The van der Waals surface area contributed by atoms with Crippen molar-refractivity contribution in [3.05, 3.63) is 12.2 Å². The van der Waals surface area contributed by atoms with E-state index in [1.807, 2.05) is 6.92 Å². The van der Waals surface area contributed by atoms with Gasteiger partial charge < -0.3 is 19.3 Å². The van der Waals surface area contributed by atoms with Crippen molar-refractivity contribution in [1.29, 1.82) is 0 Å². The molecule has 1 N–H and O–H groups in total. The number of hydrogen-bond donors (Lipinski definition) is 1. The molecule has 8 nitrogen and oxygen atoms in total. The molecule has 9 fully saturated rings. The number of quaternary nitrogens is 1. The molecule has 0 aromatic rings. The summed E-state index contributed by atoms with van der Waals surface area (Å²) in [5.41, 5.74) is 2.08. The maximum atomic E-state index is 14.0. The van der Waals surface area contributed by atoms with E-state index < -0.39 is 0 Å². The molecule has 0 radical (unpaired) electrons. The van der Waals surface area contributed by atoms with Gasteiger partial charge >= 0.3 is 11.9 Å². The fraction of sp³-hybridized carbons (Fsp3) is 0.913. The number of nitrogens with one attached hydrogen (secondary N) is 1. The molecular weight excluding hydrogens is 673 g/mol. The summed E-state index contributed by atoms with van der Waals surface area (Å²) in [6.45, 7) is 34.9. The van der Waals surface area contributed by atoms with Gasteiger partial charge in [0.1, 0.15) is 12.1 Å². The van der Waals surface area contributed by atoms with Gasteiger partial charge in [-0.15, -0.1) is 0 Å². The molecule has 4 aliphatic heterocycles. The summed E-state index contributed by atoms with van der Waals surface area (Å²) in [4.78, 5) is 32.4. The summed E-state index contributed by atoms with van der Waals surface area (Å²) in [6.07, 6.45) is 11.9. The maximum Gasteiger partial charge on any atom is 0.364 e. The molecule has 6 unspecified atom stereocenters. The highest BCUT2D eigenvalue weighted by Crippen LogP contribution is 2.77.